The van der Waals surface area contributed by atoms with Crippen LogP contribution in [0.25, 0.3) is 45.3 Å². The van der Waals surface area contributed by atoms with E-state index in [2.05, 4.69) is 17.1 Å². The number of pyridine rings is 1. The molecule has 0 atom stereocenters. The van der Waals surface area contributed by atoms with Gasteiger partial charge in [-0.15, -0.1) is 0 Å². The van der Waals surface area contributed by atoms with Gasteiger partial charge in [0.05, 0.1) is 0 Å². The topological polar surface area (TPSA) is 51.6 Å². The molecule has 0 bridgehead atoms. The molecule has 0 aliphatic rings. The molecule has 5 aromatic rings. The molecular weight excluding hydrogens is 404 g/mol. The zero-order valence-corrected chi connectivity index (χ0v) is 17.2. The molecule has 0 aliphatic heterocycles. The molecule has 0 amide bonds. The van der Waals surface area contributed by atoms with Gasteiger partial charge >= 0.3 is 0 Å². The number of aromatic nitrogens is 4. The van der Waals surface area contributed by atoms with Gasteiger partial charge in [0.1, 0.15) is 0 Å². The van der Waals surface area contributed by atoms with Crippen molar-refractivity contribution in [3.8, 4) is 45.3 Å². The normalized spacial score (nSPS) is 10.7. The Morgan fingerprint density at radius 1 is 0.452 bits per heavy atom. The summed E-state index contributed by atoms with van der Waals surface area (Å²) in [7, 11) is 0. The average Bonchev–Trinajstić information content (AvgIpc) is 2.85. The van der Waals surface area contributed by atoms with Crippen LogP contribution in [0.3, 0.4) is 0 Å². The van der Waals surface area contributed by atoms with Gasteiger partial charge in [0, 0.05) is 34.1 Å². The van der Waals surface area contributed by atoms with Crippen LogP contribution < -0.4 is 0 Å². The number of hydrogen-bond acceptors (Lipinski definition) is 4. The molecule has 0 N–H and O–H groups in total. The van der Waals surface area contributed by atoms with Crippen LogP contribution in [0.4, 0.5) is 0 Å². The quantitative estimate of drug-likeness (QED) is 0.329. The molecule has 0 aliphatic carbocycles. The van der Waals surface area contributed by atoms with E-state index in [0.29, 0.717) is 22.5 Å². The third kappa shape index (κ3) is 4.20. The van der Waals surface area contributed by atoms with E-state index in [4.69, 9.17) is 26.6 Å². The van der Waals surface area contributed by atoms with Crippen LogP contribution in [0, 0.1) is 0 Å². The molecule has 0 saturated carbocycles. The van der Waals surface area contributed by atoms with Crippen molar-refractivity contribution >= 4 is 11.6 Å². The predicted molar refractivity (Wildman–Crippen MR) is 124 cm³/mol. The van der Waals surface area contributed by atoms with Gasteiger partial charge in [0.2, 0.25) is 0 Å². The summed E-state index contributed by atoms with van der Waals surface area (Å²) in [6.45, 7) is 0. The molecule has 2 heterocycles. The highest BCUT2D eigenvalue weighted by Crippen LogP contribution is 2.28. The molecule has 5 heteroatoms. The van der Waals surface area contributed by atoms with Crippen molar-refractivity contribution in [3.05, 3.63) is 108 Å². The summed E-state index contributed by atoms with van der Waals surface area (Å²) in [5.74, 6) is 1.86. The first-order chi connectivity index (χ1) is 15.3. The highest BCUT2D eigenvalue weighted by molar-refractivity contribution is 6.30. The van der Waals surface area contributed by atoms with Crippen LogP contribution in [0.15, 0.2) is 103 Å². The van der Waals surface area contributed by atoms with Crippen LogP contribution in [-0.4, -0.2) is 19.9 Å². The van der Waals surface area contributed by atoms with E-state index in [1.807, 2.05) is 78.9 Å². The Bertz CT molecular complexity index is 1280. The first-order valence-corrected chi connectivity index (χ1v) is 10.2. The molecule has 0 fully saturated rings. The van der Waals surface area contributed by atoms with Crippen LogP contribution >= 0.6 is 11.6 Å². The summed E-state index contributed by atoms with van der Waals surface area (Å²) < 4.78 is 0. The van der Waals surface area contributed by atoms with Gasteiger partial charge in [-0.2, -0.15) is 0 Å². The van der Waals surface area contributed by atoms with Crippen molar-refractivity contribution < 1.29 is 0 Å². The Hall–Kier alpha value is -3.89. The van der Waals surface area contributed by atoms with E-state index in [-0.39, 0.29) is 0 Å². The third-order valence-electron chi connectivity index (χ3n) is 4.88. The van der Waals surface area contributed by atoms with Crippen molar-refractivity contribution in [1.29, 1.82) is 0 Å². The van der Waals surface area contributed by atoms with E-state index in [1.54, 1.807) is 12.4 Å². The number of halogens is 1. The molecular formula is C26H17ClN4. The molecule has 0 unspecified atom stereocenters. The van der Waals surface area contributed by atoms with Crippen molar-refractivity contribution in [2.75, 3.05) is 0 Å². The van der Waals surface area contributed by atoms with Crippen LogP contribution in [0.5, 0.6) is 0 Å². The zero-order chi connectivity index (χ0) is 21.0. The fourth-order valence-electron chi connectivity index (χ4n) is 3.36. The number of benzene rings is 3. The largest absolute Gasteiger partial charge is 0.265 e. The highest BCUT2D eigenvalue weighted by Gasteiger charge is 2.12. The van der Waals surface area contributed by atoms with Crippen LogP contribution in [0.1, 0.15) is 0 Å². The fourth-order valence-corrected chi connectivity index (χ4v) is 3.55. The van der Waals surface area contributed by atoms with Gasteiger partial charge in [-0.05, 0) is 41.5 Å². The summed E-state index contributed by atoms with van der Waals surface area (Å²) in [5.41, 5.74) is 4.83. The first-order valence-electron chi connectivity index (χ1n) is 9.84. The molecule has 0 radical (unpaired) electrons. The summed E-state index contributed by atoms with van der Waals surface area (Å²) in [6.07, 6.45) is 3.47. The second-order valence-electron chi connectivity index (χ2n) is 7.00. The highest BCUT2D eigenvalue weighted by atomic mass is 35.5. The molecule has 0 spiro atoms. The number of rotatable bonds is 4. The van der Waals surface area contributed by atoms with E-state index in [0.717, 1.165) is 27.8 Å². The number of nitrogens with zero attached hydrogens (tertiary/aromatic N) is 4. The van der Waals surface area contributed by atoms with Crippen molar-refractivity contribution in [2.45, 2.75) is 0 Å². The monoisotopic (exact) mass is 420 g/mol. The molecule has 31 heavy (non-hydrogen) atoms. The summed E-state index contributed by atoms with van der Waals surface area (Å²) in [6, 6.07) is 29.7. The molecule has 3 aromatic carbocycles. The predicted octanol–water partition coefficient (Wildman–Crippen LogP) is 6.59. The molecule has 2 aromatic heterocycles. The molecule has 5 rings (SSSR count). The lowest BCUT2D eigenvalue weighted by Crippen LogP contribution is -2.00. The van der Waals surface area contributed by atoms with Gasteiger partial charge in [0.25, 0.3) is 0 Å². The van der Waals surface area contributed by atoms with Crippen molar-refractivity contribution in [3.63, 3.8) is 0 Å². The van der Waals surface area contributed by atoms with Gasteiger partial charge in [-0.1, -0.05) is 72.3 Å². The Kier molecular flexibility index (Phi) is 5.21. The lowest BCUT2D eigenvalue weighted by atomic mass is 10.0. The van der Waals surface area contributed by atoms with E-state index in [9.17, 15) is 0 Å². The minimum absolute atomic E-state index is 0.611. The van der Waals surface area contributed by atoms with Gasteiger partial charge in [0.15, 0.2) is 17.5 Å². The molecule has 4 nitrogen and oxygen atoms in total. The minimum atomic E-state index is 0.611. The lowest BCUT2D eigenvalue weighted by molar-refractivity contribution is 1.07. The average molecular weight is 421 g/mol. The van der Waals surface area contributed by atoms with E-state index in [1.165, 1.54) is 0 Å². The summed E-state index contributed by atoms with van der Waals surface area (Å²) >= 11 is 6.19. The Labute approximate surface area is 185 Å². The first kappa shape index (κ1) is 19.1. The molecule has 148 valence electrons. The summed E-state index contributed by atoms with van der Waals surface area (Å²) in [4.78, 5) is 18.4. The molecule has 0 saturated heterocycles. The second kappa shape index (κ2) is 8.46. The maximum atomic E-state index is 6.19. The maximum absolute atomic E-state index is 6.19. The van der Waals surface area contributed by atoms with E-state index < -0.39 is 0 Å². The zero-order valence-electron chi connectivity index (χ0n) is 16.5. The van der Waals surface area contributed by atoms with Crippen LogP contribution in [0.2, 0.25) is 5.02 Å². The smallest absolute Gasteiger partial charge is 0.164 e. The number of hydrogen-bond donors (Lipinski definition) is 0. The SMILES string of the molecule is Clc1cccc(-c2cccc(-c3nc(-c4ccccc4)nc(-c4ccncc4)n3)c2)c1. The maximum Gasteiger partial charge on any atom is 0.164 e. The Morgan fingerprint density at radius 3 is 1.65 bits per heavy atom. The van der Waals surface area contributed by atoms with Crippen LogP contribution in [-0.2, 0) is 0 Å². The third-order valence-corrected chi connectivity index (χ3v) is 5.12. The minimum Gasteiger partial charge on any atom is -0.265 e. The van der Waals surface area contributed by atoms with Gasteiger partial charge < -0.3 is 0 Å². The second-order valence-corrected chi connectivity index (χ2v) is 7.44. The van der Waals surface area contributed by atoms with Gasteiger partial charge in [-0.25, -0.2) is 15.0 Å². The van der Waals surface area contributed by atoms with Crippen molar-refractivity contribution in [2.24, 2.45) is 0 Å². The fraction of sp³-hybridized carbons (Fsp3) is 0. The van der Waals surface area contributed by atoms with E-state index >= 15 is 0 Å². The standard InChI is InChI=1S/C26H17ClN4/c27-23-11-5-9-21(17-23)20-8-4-10-22(16-20)26-30-24(18-6-2-1-3-7-18)29-25(31-26)19-12-14-28-15-13-19/h1-17H. The lowest BCUT2D eigenvalue weighted by Gasteiger charge is -2.09. The van der Waals surface area contributed by atoms with Crippen molar-refractivity contribution in [1.82, 2.24) is 19.9 Å². The Morgan fingerprint density at radius 2 is 0.968 bits per heavy atom. The van der Waals surface area contributed by atoms with Gasteiger partial charge in [-0.3, -0.25) is 4.98 Å². The summed E-state index contributed by atoms with van der Waals surface area (Å²) in [5, 5.41) is 0.703. The Balaban J connectivity index is 1.66.